The topological polar surface area (TPSA) is 99.5 Å². The highest BCUT2D eigenvalue weighted by Crippen LogP contribution is 2.39. The van der Waals surface area contributed by atoms with E-state index in [-0.39, 0.29) is 23.6 Å². The molecule has 7 nitrogen and oxygen atoms in total. The van der Waals surface area contributed by atoms with E-state index >= 15 is 0 Å². The Morgan fingerprint density at radius 1 is 1.38 bits per heavy atom. The number of aromatic nitrogens is 4. The van der Waals surface area contributed by atoms with Crippen molar-refractivity contribution in [1.82, 2.24) is 20.2 Å². The van der Waals surface area contributed by atoms with Crippen LogP contribution in [-0.2, 0) is 4.74 Å². The first-order chi connectivity index (χ1) is 11.7. The maximum atomic E-state index is 13.8. The Kier molecular flexibility index (Phi) is 3.86. The van der Waals surface area contributed by atoms with Gasteiger partial charge in [0.05, 0.1) is 11.7 Å². The number of ether oxygens (including phenoxy) is 1. The molecule has 0 bridgehead atoms. The minimum absolute atomic E-state index is 0.0404. The predicted octanol–water partition coefficient (Wildman–Crippen LogP) is 2.42. The summed E-state index contributed by atoms with van der Waals surface area (Å²) >= 11 is 0. The van der Waals surface area contributed by atoms with Crippen molar-refractivity contribution in [3.63, 3.8) is 0 Å². The summed E-state index contributed by atoms with van der Waals surface area (Å²) in [4.78, 5) is 8.45. The number of nitrogens with zero attached hydrogens (tertiary/aromatic N) is 4. The molecule has 1 saturated heterocycles. The Balaban J connectivity index is 1.33. The van der Waals surface area contributed by atoms with Gasteiger partial charge in [-0.15, -0.1) is 0 Å². The van der Waals surface area contributed by atoms with Gasteiger partial charge in [0.2, 0.25) is 0 Å². The van der Waals surface area contributed by atoms with Crippen molar-refractivity contribution < 1.29 is 9.13 Å². The molecule has 8 heteroatoms. The molecule has 2 fully saturated rings. The second-order valence-corrected chi connectivity index (χ2v) is 6.22. The van der Waals surface area contributed by atoms with Crippen molar-refractivity contribution in [2.75, 3.05) is 11.9 Å². The molecule has 4 rings (SSSR count). The number of anilines is 1. The molecule has 24 heavy (non-hydrogen) atoms. The molecule has 1 aliphatic carbocycles. The van der Waals surface area contributed by atoms with Crippen LogP contribution in [0.2, 0.25) is 0 Å². The van der Waals surface area contributed by atoms with Crippen LogP contribution in [0.5, 0.6) is 0 Å². The lowest BCUT2D eigenvalue weighted by atomic mass is 10.2. The van der Waals surface area contributed by atoms with Crippen LogP contribution < -0.4 is 5.32 Å². The lowest BCUT2D eigenvalue weighted by molar-refractivity contribution is 0.0471. The Hall–Kier alpha value is -2.53. The van der Waals surface area contributed by atoms with E-state index in [1.54, 1.807) is 0 Å². The van der Waals surface area contributed by atoms with Gasteiger partial charge >= 0.3 is 0 Å². The molecule has 2 aromatic heterocycles. The van der Waals surface area contributed by atoms with Gasteiger partial charge in [-0.3, -0.25) is 5.10 Å². The van der Waals surface area contributed by atoms with E-state index in [9.17, 15) is 4.39 Å². The van der Waals surface area contributed by atoms with Gasteiger partial charge in [0, 0.05) is 18.7 Å². The van der Waals surface area contributed by atoms with Crippen LogP contribution in [0, 0.1) is 17.1 Å². The van der Waals surface area contributed by atoms with E-state index in [2.05, 4.69) is 25.5 Å². The van der Waals surface area contributed by atoms with Crippen LogP contribution in [0.25, 0.3) is 0 Å². The maximum absolute atomic E-state index is 13.8. The summed E-state index contributed by atoms with van der Waals surface area (Å²) in [6.07, 6.45) is 5.26. The molecule has 1 saturated carbocycles. The molecular formula is C16H17FN6O. The summed E-state index contributed by atoms with van der Waals surface area (Å²) in [6, 6.07) is 3.03. The van der Waals surface area contributed by atoms with Gasteiger partial charge in [0.25, 0.3) is 0 Å². The third kappa shape index (κ3) is 3.08. The number of nitrogens with one attached hydrogen (secondary N) is 2. The average Bonchev–Trinajstić information content (AvgIpc) is 3.14. The van der Waals surface area contributed by atoms with Crippen molar-refractivity contribution >= 4 is 5.82 Å². The number of aromatic amines is 1. The van der Waals surface area contributed by atoms with Crippen LogP contribution in [0.4, 0.5) is 10.2 Å². The number of halogens is 1. The highest BCUT2D eigenvalue weighted by molar-refractivity contribution is 5.40. The van der Waals surface area contributed by atoms with Crippen molar-refractivity contribution in [1.29, 1.82) is 5.26 Å². The third-order valence-corrected chi connectivity index (χ3v) is 4.34. The van der Waals surface area contributed by atoms with E-state index in [0.29, 0.717) is 12.5 Å². The SMILES string of the molecule is N#Cc1cnc(NC[C@H]2CC[C@@H](c3nc(C4CC4)n[nH]3)O2)c(F)c1. The zero-order chi connectivity index (χ0) is 16.5. The first-order valence-electron chi connectivity index (χ1n) is 8.10. The quantitative estimate of drug-likeness (QED) is 0.874. The Bertz CT molecular complexity index is 781. The Labute approximate surface area is 138 Å². The van der Waals surface area contributed by atoms with Crippen LogP contribution >= 0.6 is 0 Å². The Morgan fingerprint density at radius 3 is 3.00 bits per heavy atom. The molecule has 0 radical (unpaired) electrons. The Morgan fingerprint density at radius 2 is 2.25 bits per heavy atom. The van der Waals surface area contributed by atoms with Gasteiger partial charge in [-0.25, -0.2) is 14.4 Å². The highest BCUT2D eigenvalue weighted by atomic mass is 19.1. The second-order valence-electron chi connectivity index (χ2n) is 6.22. The molecular weight excluding hydrogens is 311 g/mol. The van der Waals surface area contributed by atoms with Gasteiger partial charge < -0.3 is 10.1 Å². The van der Waals surface area contributed by atoms with Gasteiger partial charge in [-0.1, -0.05) is 0 Å². The van der Waals surface area contributed by atoms with E-state index in [1.165, 1.54) is 25.1 Å². The number of pyridine rings is 1. The van der Waals surface area contributed by atoms with Crippen molar-refractivity contribution in [3.05, 3.63) is 35.3 Å². The lowest BCUT2D eigenvalue weighted by Gasteiger charge is -2.13. The predicted molar refractivity (Wildman–Crippen MR) is 82.6 cm³/mol. The summed E-state index contributed by atoms with van der Waals surface area (Å²) in [7, 11) is 0. The van der Waals surface area contributed by atoms with Crippen LogP contribution in [0.3, 0.4) is 0 Å². The average molecular weight is 328 g/mol. The zero-order valence-corrected chi connectivity index (χ0v) is 13.0. The maximum Gasteiger partial charge on any atom is 0.166 e. The van der Waals surface area contributed by atoms with Crippen LogP contribution in [-0.4, -0.2) is 32.8 Å². The molecule has 2 aromatic rings. The smallest absolute Gasteiger partial charge is 0.166 e. The van der Waals surface area contributed by atoms with E-state index in [1.807, 2.05) is 6.07 Å². The van der Waals surface area contributed by atoms with E-state index < -0.39 is 5.82 Å². The van der Waals surface area contributed by atoms with E-state index in [4.69, 9.17) is 10.00 Å². The molecule has 124 valence electrons. The van der Waals surface area contributed by atoms with Gasteiger partial charge in [0.15, 0.2) is 23.3 Å². The molecule has 1 aliphatic heterocycles. The summed E-state index contributed by atoms with van der Waals surface area (Å²) in [5, 5.41) is 18.9. The van der Waals surface area contributed by atoms with Gasteiger partial charge in [-0.2, -0.15) is 10.4 Å². The highest BCUT2D eigenvalue weighted by Gasteiger charge is 2.32. The standard InChI is InChI=1S/C16H17FN6O/c17-12-5-9(6-18)7-19-15(12)20-8-11-3-4-13(24-11)16-21-14(22-23-16)10-1-2-10/h5,7,10-11,13H,1-4,8H2,(H,19,20)(H,21,22,23)/t11-,13+/m1/s1. The first-order valence-corrected chi connectivity index (χ1v) is 8.10. The number of hydrogen-bond donors (Lipinski definition) is 2. The summed E-state index contributed by atoms with van der Waals surface area (Å²) in [6.45, 7) is 0.454. The van der Waals surface area contributed by atoms with Crippen molar-refractivity contribution in [2.45, 2.75) is 43.8 Å². The van der Waals surface area contributed by atoms with Crippen molar-refractivity contribution in [3.8, 4) is 6.07 Å². The van der Waals surface area contributed by atoms with Crippen LogP contribution in [0.1, 0.15) is 54.9 Å². The monoisotopic (exact) mass is 328 g/mol. The van der Waals surface area contributed by atoms with Gasteiger partial charge in [-0.05, 0) is 31.7 Å². The fourth-order valence-corrected chi connectivity index (χ4v) is 2.85. The molecule has 0 aromatic carbocycles. The molecule has 2 aliphatic rings. The minimum Gasteiger partial charge on any atom is -0.365 e. The second kappa shape index (κ2) is 6.17. The molecule has 2 N–H and O–H groups in total. The number of nitriles is 1. The zero-order valence-electron chi connectivity index (χ0n) is 13.0. The molecule has 0 amide bonds. The minimum atomic E-state index is -0.534. The molecule has 2 atom stereocenters. The fourth-order valence-electron chi connectivity index (χ4n) is 2.85. The molecule has 0 spiro atoms. The fraction of sp³-hybridized carbons (Fsp3) is 0.500. The van der Waals surface area contributed by atoms with Gasteiger partial charge in [0.1, 0.15) is 12.2 Å². The summed E-state index contributed by atoms with van der Waals surface area (Å²) < 4.78 is 19.8. The third-order valence-electron chi connectivity index (χ3n) is 4.34. The normalized spacial score (nSPS) is 23.2. The first kappa shape index (κ1) is 15.0. The molecule has 3 heterocycles. The number of hydrogen-bond acceptors (Lipinski definition) is 6. The van der Waals surface area contributed by atoms with Crippen LogP contribution in [0.15, 0.2) is 12.3 Å². The van der Waals surface area contributed by atoms with E-state index in [0.717, 1.165) is 24.5 Å². The lowest BCUT2D eigenvalue weighted by Crippen LogP contribution is -2.20. The number of rotatable bonds is 5. The number of H-pyrrole nitrogens is 1. The van der Waals surface area contributed by atoms with Crippen molar-refractivity contribution in [2.24, 2.45) is 0 Å². The summed E-state index contributed by atoms with van der Waals surface area (Å²) in [5.41, 5.74) is 0.201. The molecule has 0 unspecified atom stereocenters. The largest absolute Gasteiger partial charge is 0.365 e. The summed E-state index contributed by atoms with van der Waals surface area (Å²) in [5.74, 6) is 1.78.